The molecule has 0 radical (unpaired) electrons. The van der Waals surface area contributed by atoms with Crippen molar-refractivity contribution < 1.29 is 9.52 Å². The van der Waals surface area contributed by atoms with Crippen LogP contribution >= 0.6 is 0 Å². The predicted octanol–water partition coefficient (Wildman–Crippen LogP) is 1.79. The monoisotopic (exact) mass is 209 g/mol. The number of rotatable bonds is 3. The van der Waals surface area contributed by atoms with E-state index in [1.807, 2.05) is 19.1 Å². The lowest BCUT2D eigenvalue weighted by Gasteiger charge is -2.48. The molecule has 15 heavy (non-hydrogen) atoms. The Bertz CT molecular complexity index is 337. The average molecular weight is 209 g/mol. The van der Waals surface area contributed by atoms with Gasteiger partial charge in [0.25, 0.3) is 0 Å². The van der Waals surface area contributed by atoms with Crippen molar-refractivity contribution in [2.75, 3.05) is 13.1 Å². The molecule has 2 heterocycles. The number of nitrogens with zero attached hydrogens (tertiary/aromatic N) is 1. The van der Waals surface area contributed by atoms with E-state index in [9.17, 15) is 5.11 Å². The SMILES string of the molecule is Cc1ccc(CN2CC(O)(C(C)C)C2)o1. The molecule has 0 saturated carbocycles. The highest BCUT2D eigenvalue weighted by Gasteiger charge is 2.43. The number of likely N-dealkylation sites (tertiary alicyclic amines) is 1. The first-order chi connectivity index (χ1) is 6.99. The first kappa shape index (κ1) is 10.7. The topological polar surface area (TPSA) is 36.6 Å². The third kappa shape index (κ3) is 2.08. The molecule has 1 aromatic heterocycles. The second-order valence-corrected chi connectivity index (χ2v) is 4.92. The molecule has 0 atom stereocenters. The molecule has 0 spiro atoms. The number of hydrogen-bond donors (Lipinski definition) is 1. The maximum atomic E-state index is 10.1. The van der Waals surface area contributed by atoms with Crippen LogP contribution in [0.5, 0.6) is 0 Å². The van der Waals surface area contributed by atoms with E-state index in [1.54, 1.807) is 0 Å². The zero-order valence-electron chi connectivity index (χ0n) is 9.66. The molecule has 0 amide bonds. The number of furan rings is 1. The molecule has 3 nitrogen and oxygen atoms in total. The van der Waals surface area contributed by atoms with Gasteiger partial charge in [-0.25, -0.2) is 0 Å². The summed E-state index contributed by atoms with van der Waals surface area (Å²) in [6.45, 7) is 8.39. The van der Waals surface area contributed by atoms with Gasteiger partial charge in [-0.15, -0.1) is 0 Å². The molecule has 1 aliphatic heterocycles. The van der Waals surface area contributed by atoms with Crippen molar-refractivity contribution in [2.45, 2.75) is 32.9 Å². The molecule has 0 aliphatic carbocycles. The fourth-order valence-corrected chi connectivity index (χ4v) is 2.00. The normalized spacial score (nSPS) is 20.6. The molecule has 0 bridgehead atoms. The lowest BCUT2D eigenvalue weighted by atomic mass is 9.83. The highest BCUT2D eigenvalue weighted by atomic mass is 16.3. The van der Waals surface area contributed by atoms with Crippen molar-refractivity contribution in [1.82, 2.24) is 4.90 Å². The first-order valence-corrected chi connectivity index (χ1v) is 5.50. The first-order valence-electron chi connectivity index (χ1n) is 5.50. The van der Waals surface area contributed by atoms with Crippen LogP contribution in [0.3, 0.4) is 0 Å². The van der Waals surface area contributed by atoms with Gasteiger partial charge in [-0.3, -0.25) is 4.90 Å². The van der Waals surface area contributed by atoms with Gasteiger partial charge < -0.3 is 9.52 Å². The summed E-state index contributed by atoms with van der Waals surface area (Å²) < 4.78 is 5.50. The smallest absolute Gasteiger partial charge is 0.118 e. The lowest BCUT2D eigenvalue weighted by Crippen LogP contribution is -2.63. The minimum absolute atomic E-state index is 0.326. The van der Waals surface area contributed by atoms with Crippen LogP contribution in [0.25, 0.3) is 0 Å². The van der Waals surface area contributed by atoms with Gasteiger partial charge in [0.15, 0.2) is 0 Å². The van der Waals surface area contributed by atoms with Crippen molar-refractivity contribution in [2.24, 2.45) is 5.92 Å². The Labute approximate surface area is 90.7 Å². The second kappa shape index (κ2) is 3.65. The highest BCUT2D eigenvalue weighted by molar-refractivity contribution is 5.07. The summed E-state index contributed by atoms with van der Waals surface area (Å²) in [6, 6.07) is 3.98. The summed E-state index contributed by atoms with van der Waals surface area (Å²) in [5, 5.41) is 10.1. The maximum Gasteiger partial charge on any atom is 0.118 e. The summed E-state index contributed by atoms with van der Waals surface area (Å²) in [6.07, 6.45) is 0. The third-order valence-electron chi connectivity index (χ3n) is 3.24. The quantitative estimate of drug-likeness (QED) is 0.824. The summed E-state index contributed by atoms with van der Waals surface area (Å²) in [4.78, 5) is 2.21. The van der Waals surface area contributed by atoms with Gasteiger partial charge in [0, 0.05) is 13.1 Å². The van der Waals surface area contributed by atoms with E-state index >= 15 is 0 Å². The van der Waals surface area contributed by atoms with Crippen molar-refractivity contribution in [1.29, 1.82) is 0 Å². The zero-order chi connectivity index (χ0) is 11.1. The average Bonchev–Trinajstić information content (AvgIpc) is 2.48. The Hall–Kier alpha value is -0.800. The summed E-state index contributed by atoms with van der Waals surface area (Å²) in [5.74, 6) is 2.26. The van der Waals surface area contributed by atoms with E-state index in [0.29, 0.717) is 5.92 Å². The number of hydrogen-bond acceptors (Lipinski definition) is 3. The molecule has 84 valence electrons. The van der Waals surface area contributed by atoms with Crippen LogP contribution in [-0.4, -0.2) is 28.7 Å². The summed E-state index contributed by atoms with van der Waals surface area (Å²) >= 11 is 0. The van der Waals surface area contributed by atoms with Crippen LogP contribution in [-0.2, 0) is 6.54 Å². The second-order valence-electron chi connectivity index (χ2n) is 4.92. The Morgan fingerprint density at radius 2 is 2.13 bits per heavy atom. The fraction of sp³-hybridized carbons (Fsp3) is 0.667. The number of β-amino-alcohol motifs (C(OH)–C–C–N with tert-alkyl or cyclic N) is 1. The predicted molar refractivity (Wildman–Crippen MR) is 58.5 cm³/mol. The zero-order valence-corrected chi connectivity index (χ0v) is 9.66. The molecular formula is C12H19NO2. The molecule has 3 heteroatoms. The van der Waals surface area contributed by atoms with Crippen LogP contribution in [0.2, 0.25) is 0 Å². The largest absolute Gasteiger partial charge is 0.465 e. The molecule has 1 saturated heterocycles. The minimum Gasteiger partial charge on any atom is -0.465 e. The molecule has 2 rings (SSSR count). The third-order valence-corrected chi connectivity index (χ3v) is 3.24. The van der Waals surface area contributed by atoms with E-state index in [-0.39, 0.29) is 0 Å². The Balaban J connectivity index is 1.86. The molecule has 1 aliphatic rings. The van der Waals surface area contributed by atoms with E-state index in [0.717, 1.165) is 31.2 Å². The van der Waals surface area contributed by atoms with Gasteiger partial charge in [-0.05, 0) is 25.0 Å². The van der Waals surface area contributed by atoms with Gasteiger partial charge in [-0.2, -0.15) is 0 Å². The van der Waals surface area contributed by atoms with Crippen molar-refractivity contribution in [3.63, 3.8) is 0 Å². The van der Waals surface area contributed by atoms with Crippen LogP contribution in [0, 0.1) is 12.8 Å². The molecule has 0 aromatic carbocycles. The number of aryl methyl sites for hydroxylation is 1. The van der Waals surface area contributed by atoms with E-state index < -0.39 is 5.60 Å². The Kier molecular flexibility index (Phi) is 2.61. The van der Waals surface area contributed by atoms with Crippen LogP contribution in [0.4, 0.5) is 0 Å². The molecule has 1 N–H and O–H groups in total. The van der Waals surface area contributed by atoms with Gasteiger partial charge in [0.1, 0.15) is 11.5 Å². The van der Waals surface area contributed by atoms with Gasteiger partial charge in [0.05, 0.1) is 12.1 Å². The maximum absolute atomic E-state index is 10.1. The van der Waals surface area contributed by atoms with E-state index in [1.165, 1.54) is 0 Å². The van der Waals surface area contributed by atoms with Crippen molar-refractivity contribution in [3.05, 3.63) is 23.7 Å². The lowest BCUT2D eigenvalue weighted by molar-refractivity contribution is -0.132. The minimum atomic E-state index is -0.484. The standard InChI is InChI=1S/C12H19NO2/c1-9(2)12(14)7-13(8-12)6-11-5-4-10(3)15-11/h4-5,9,14H,6-8H2,1-3H3. The van der Waals surface area contributed by atoms with Crippen LogP contribution in [0.15, 0.2) is 16.5 Å². The molecule has 0 unspecified atom stereocenters. The Morgan fingerprint density at radius 1 is 1.47 bits per heavy atom. The van der Waals surface area contributed by atoms with Crippen LogP contribution in [0.1, 0.15) is 25.4 Å². The van der Waals surface area contributed by atoms with Crippen LogP contribution < -0.4 is 0 Å². The van der Waals surface area contributed by atoms with E-state index in [4.69, 9.17) is 4.42 Å². The van der Waals surface area contributed by atoms with Gasteiger partial charge >= 0.3 is 0 Å². The molecule has 1 aromatic rings. The van der Waals surface area contributed by atoms with E-state index in [2.05, 4.69) is 18.7 Å². The van der Waals surface area contributed by atoms with Crippen molar-refractivity contribution in [3.8, 4) is 0 Å². The summed E-state index contributed by atoms with van der Waals surface area (Å²) in [7, 11) is 0. The fourth-order valence-electron chi connectivity index (χ4n) is 2.00. The van der Waals surface area contributed by atoms with Gasteiger partial charge in [-0.1, -0.05) is 13.8 Å². The Morgan fingerprint density at radius 3 is 2.60 bits per heavy atom. The highest BCUT2D eigenvalue weighted by Crippen LogP contribution is 2.29. The van der Waals surface area contributed by atoms with Crippen molar-refractivity contribution >= 4 is 0 Å². The molecular weight excluding hydrogens is 190 g/mol. The summed E-state index contributed by atoms with van der Waals surface area (Å²) in [5.41, 5.74) is -0.484. The van der Waals surface area contributed by atoms with Gasteiger partial charge in [0.2, 0.25) is 0 Å². The molecule has 1 fully saturated rings. The number of aliphatic hydroxyl groups is 1.